The summed E-state index contributed by atoms with van der Waals surface area (Å²) in [7, 11) is 0.561. The van der Waals surface area contributed by atoms with Gasteiger partial charge in [-0.15, -0.1) is 0 Å². The number of carbonyl (C=O) groups excluding carboxylic acids is 1. The van der Waals surface area contributed by atoms with Crippen LogP contribution < -0.4 is 15.5 Å². The molecule has 144 valence electrons. The molecule has 1 aromatic rings. The molecule has 0 radical (unpaired) electrons. The molecule has 2 rings (SSSR count). The fourth-order valence-corrected chi connectivity index (χ4v) is 2.40. The molecule has 0 spiro atoms. The molecular weight excluding hydrogens is 340 g/mol. The lowest BCUT2D eigenvalue weighted by atomic mass is 9.78. The van der Waals surface area contributed by atoms with Gasteiger partial charge in [0, 0.05) is 11.5 Å². The normalized spacial score (nSPS) is 18.6. The number of carbonyl (C=O) groups is 1. The Balaban J connectivity index is 2.29. The fraction of sp³-hybridized carbons (Fsp3) is 0.611. The molecule has 1 heterocycles. The third-order valence-electron chi connectivity index (χ3n) is 4.46. The summed E-state index contributed by atoms with van der Waals surface area (Å²) in [4.78, 5) is 12.0. The van der Waals surface area contributed by atoms with Crippen molar-refractivity contribution >= 4 is 24.4 Å². The van der Waals surface area contributed by atoms with E-state index in [4.69, 9.17) is 18.8 Å². The van der Waals surface area contributed by atoms with Crippen LogP contribution in [-0.2, 0) is 14.0 Å². The molecule has 8 heteroatoms. The van der Waals surface area contributed by atoms with Gasteiger partial charge >= 0.3 is 13.2 Å². The van der Waals surface area contributed by atoms with Crippen molar-refractivity contribution < 1.29 is 28.0 Å². The van der Waals surface area contributed by atoms with Crippen molar-refractivity contribution in [3.05, 3.63) is 17.9 Å². The number of anilines is 1. The summed E-state index contributed by atoms with van der Waals surface area (Å²) >= 11 is 0. The molecule has 0 aliphatic carbocycles. The highest BCUT2D eigenvalue weighted by atomic mass is 19.1. The van der Waals surface area contributed by atoms with Gasteiger partial charge in [0.05, 0.1) is 24.0 Å². The molecule has 1 aliphatic rings. The third kappa shape index (κ3) is 4.30. The van der Waals surface area contributed by atoms with Gasteiger partial charge in [-0.1, -0.05) is 0 Å². The molecule has 26 heavy (non-hydrogen) atoms. The SMILES string of the molecule is COc1cc(B2OC(C)(C)C(C)(C)O2)c(F)cc1NC(=O)OC(C)(C)C. The summed E-state index contributed by atoms with van der Waals surface area (Å²) in [6.45, 7) is 12.8. The maximum Gasteiger partial charge on any atom is 0.497 e. The van der Waals surface area contributed by atoms with Crippen LogP contribution in [0.5, 0.6) is 5.75 Å². The molecule has 0 bridgehead atoms. The van der Waals surface area contributed by atoms with E-state index in [1.54, 1.807) is 20.8 Å². The van der Waals surface area contributed by atoms with E-state index in [0.29, 0.717) is 0 Å². The maximum atomic E-state index is 14.7. The Morgan fingerprint density at radius 1 is 1.15 bits per heavy atom. The Hall–Kier alpha value is -1.80. The van der Waals surface area contributed by atoms with Gasteiger partial charge in [-0.25, -0.2) is 9.18 Å². The number of hydrogen-bond donors (Lipinski definition) is 1. The lowest BCUT2D eigenvalue weighted by Gasteiger charge is -2.32. The fourth-order valence-electron chi connectivity index (χ4n) is 2.40. The molecule has 1 aliphatic heterocycles. The van der Waals surface area contributed by atoms with E-state index in [9.17, 15) is 9.18 Å². The van der Waals surface area contributed by atoms with E-state index < -0.39 is 35.8 Å². The lowest BCUT2D eigenvalue weighted by Crippen LogP contribution is -2.41. The zero-order chi connectivity index (χ0) is 19.9. The van der Waals surface area contributed by atoms with Crippen LogP contribution >= 0.6 is 0 Å². The minimum absolute atomic E-state index is 0.166. The van der Waals surface area contributed by atoms with Crippen LogP contribution in [0.1, 0.15) is 48.5 Å². The first kappa shape index (κ1) is 20.5. The van der Waals surface area contributed by atoms with Crippen molar-refractivity contribution in [1.82, 2.24) is 0 Å². The van der Waals surface area contributed by atoms with Gasteiger partial charge in [-0.2, -0.15) is 0 Å². The van der Waals surface area contributed by atoms with Crippen molar-refractivity contribution in [3.8, 4) is 5.75 Å². The third-order valence-corrected chi connectivity index (χ3v) is 4.46. The van der Waals surface area contributed by atoms with Crippen molar-refractivity contribution in [2.45, 2.75) is 65.3 Å². The highest BCUT2D eigenvalue weighted by Gasteiger charge is 2.52. The van der Waals surface area contributed by atoms with Gasteiger partial charge in [0.1, 0.15) is 17.2 Å². The van der Waals surface area contributed by atoms with Crippen LogP contribution in [0.25, 0.3) is 0 Å². The monoisotopic (exact) mass is 367 g/mol. The smallest absolute Gasteiger partial charge is 0.495 e. The van der Waals surface area contributed by atoms with Crippen LogP contribution in [0.4, 0.5) is 14.9 Å². The number of halogens is 1. The zero-order valence-electron chi connectivity index (χ0n) is 16.7. The minimum Gasteiger partial charge on any atom is -0.495 e. The number of benzene rings is 1. The summed E-state index contributed by atoms with van der Waals surface area (Å²) in [5.74, 6) is -0.294. The summed E-state index contributed by atoms with van der Waals surface area (Å²) in [5, 5.41) is 2.50. The van der Waals surface area contributed by atoms with Crippen LogP contribution in [0.2, 0.25) is 0 Å². The van der Waals surface area contributed by atoms with E-state index >= 15 is 0 Å². The molecule has 0 atom stereocenters. The molecule has 1 fully saturated rings. The summed E-state index contributed by atoms with van der Waals surface area (Å²) < 4.78 is 37.0. The zero-order valence-corrected chi connectivity index (χ0v) is 16.7. The molecule has 1 saturated heterocycles. The lowest BCUT2D eigenvalue weighted by molar-refractivity contribution is 0.00578. The second-order valence-electron chi connectivity index (χ2n) is 8.29. The average Bonchev–Trinajstić information content (AvgIpc) is 2.65. The molecule has 1 N–H and O–H groups in total. The molecular formula is C18H27BFNO5. The Morgan fingerprint density at radius 2 is 1.69 bits per heavy atom. The highest BCUT2D eigenvalue weighted by Crippen LogP contribution is 2.37. The predicted molar refractivity (Wildman–Crippen MR) is 98.5 cm³/mol. The second kappa shape index (κ2) is 6.74. The van der Waals surface area contributed by atoms with Gasteiger partial charge in [-0.3, -0.25) is 5.32 Å². The van der Waals surface area contributed by atoms with Crippen LogP contribution in [0, 0.1) is 5.82 Å². The Labute approximate surface area is 154 Å². The van der Waals surface area contributed by atoms with E-state index in [-0.39, 0.29) is 16.9 Å². The van der Waals surface area contributed by atoms with Gasteiger partial charge in [-0.05, 0) is 54.5 Å². The molecule has 1 aromatic carbocycles. The van der Waals surface area contributed by atoms with E-state index in [1.165, 1.54) is 19.2 Å². The quantitative estimate of drug-likeness (QED) is 0.829. The topological polar surface area (TPSA) is 66.0 Å². The number of methoxy groups -OCH3 is 1. The first-order valence-electron chi connectivity index (χ1n) is 8.49. The Bertz CT molecular complexity index is 684. The number of ether oxygens (including phenoxy) is 2. The number of rotatable bonds is 3. The Kier molecular flexibility index (Phi) is 5.32. The summed E-state index contributed by atoms with van der Waals surface area (Å²) in [6.07, 6.45) is -0.696. The standard InChI is InChI=1S/C18H27BFNO5/c1-16(2,3)24-15(22)21-13-10-12(20)11(9-14(13)23-8)19-25-17(4,5)18(6,7)26-19/h9-10H,1-8H3,(H,21,22). The van der Waals surface area contributed by atoms with Gasteiger partial charge in [0.2, 0.25) is 0 Å². The number of hydrogen-bond acceptors (Lipinski definition) is 5. The van der Waals surface area contributed by atoms with E-state index in [1.807, 2.05) is 27.7 Å². The van der Waals surface area contributed by atoms with E-state index in [0.717, 1.165) is 0 Å². The average molecular weight is 367 g/mol. The van der Waals surface area contributed by atoms with E-state index in [2.05, 4.69) is 5.32 Å². The van der Waals surface area contributed by atoms with Crippen LogP contribution in [-0.4, -0.2) is 37.1 Å². The summed E-state index contributed by atoms with van der Waals surface area (Å²) in [5.41, 5.74) is -1.48. The first-order valence-corrected chi connectivity index (χ1v) is 8.49. The van der Waals surface area contributed by atoms with Crippen molar-refractivity contribution in [3.63, 3.8) is 0 Å². The molecule has 0 aromatic heterocycles. The molecule has 0 saturated carbocycles. The predicted octanol–water partition coefficient (Wildman–Crippen LogP) is 3.48. The maximum absolute atomic E-state index is 14.7. The Morgan fingerprint density at radius 3 is 2.15 bits per heavy atom. The van der Waals surface area contributed by atoms with Crippen LogP contribution in [0.15, 0.2) is 12.1 Å². The molecule has 0 unspecified atom stereocenters. The second-order valence-corrected chi connectivity index (χ2v) is 8.29. The largest absolute Gasteiger partial charge is 0.497 e. The number of amides is 1. The highest BCUT2D eigenvalue weighted by molar-refractivity contribution is 6.62. The molecule has 1 amide bonds. The number of nitrogens with one attached hydrogen (secondary N) is 1. The summed E-state index contributed by atoms with van der Waals surface area (Å²) in [6, 6.07) is 2.63. The van der Waals surface area contributed by atoms with Crippen LogP contribution in [0.3, 0.4) is 0 Å². The first-order chi connectivity index (χ1) is 11.8. The minimum atomic E-state index is -0.871. The van der Waals surface area contributed by atoms with Gasteiger partial charge in [0.15, 0.2) is 0 Å². The van der Waals surface area contributed by atoms with Gasteiger partial charge < -0.3 is 18.8 Å². The molecule has 6 nitrogen and oxygen atoms in total. The van der Waals surface area contributed by atoms with Gasteiger partial charge in [0.25, 0.3) is 0 Å². The van der Waals surface area contributed by atoms with Crippen molar-refractivity contribution in [1.29, 1.82) is 0 Å². The van der Waals surface area contributed by atoms with Crippen molar-refractivity contribution in [2.75, 3.05) is 12.4 Å². The van der Waals surface area contributed by atoms with Crippen molar-refractivity contribution in [2.24, 2.45) is 0 Å².